The molecule has 0 amide bonds. The van der Waals surface area contributed by atoms with E-state index < -0.39 is 5.97 Å². The van der Waals surface area contributed by atoms with Gasteiger partial charge in [0.15, 0.2) is 17.5 Å². The number of carbonyl (C=O) groups is 1. The van der Waals surface area contributed by atoms with Crippen LogP contribution in [-0.2, 0) is 9.53 Å². The number of esters is 1. The molecule has 1 heterocycles. The Balaban J connectivity index is 1.74. The zero-order chi connectivity index (χ0) is 26.2. The molecule has 0 radical (unpaired) electrons. The molecule has 0 saturated carbocycles. The van der Waals surface area contributed by atoms with E-state index in [-0.39, 0.29) is 24.8 Å². The molecule has 3 aromatic carbocycles. The van der Waals surface area contributed by atoms with Crippen LogP contribution in [0.25, 0.3) is 34.2 Å². The Morgan fingerprint density at radius 1 is 0.811 bits per heavy atom. The number of benzene rings is 3. The third kappa shape index (κ3) is 5.84. The Kier molecular flexibility index (Phi) is 7.95. The number of phenols is 1. The number of aromatic hydroxyl groups is 1. The lowest BCUT2D eigenvalue weighted by Gasteiger charge is -2.13. The van der Waals surface area contributed by atoms with Crippen LogP contribution in [0.4, 0.5) is 0 Å². The number of ether oxygens (including phenoxy) is 4. The molecule has 9 heteroatoms. The van der Waals surface area contributed by atoms with E-state index in [1.54, 1.807) is 26.4 Å². The number of carbonyl (C=O) groups excluding carboxylic acids is 1. The van der Waals surface area contributed by atoms with Gasteiger partial charge in [-0.2, -0.15) is 0 Å². The van der Waals surface area contributed by atoms with Gasteiger partial charge < -0.3 is 24.1 Å². The summed E-state index contributed by atoms with van der Waals surface area (Å²) < 4.78 is 21.5. The average Bonchev–Trinajstić information content (AvgIpc) is 2.94. The van der Waals surface area contributed by atoms with E-state index in [0.29, 0.717) is 45.6 Å². The summed E-state index contributed by atoms with van der Waals surface area (Å²) in [6.07, 6.45) is 1.08. The van der Waals surface area contributed by atoms with E-state index in [0.717, 1.165) is 6.08 Å². The number of phenolic OH excluding ortho intramolecular Hbond substituents is 1. The van der Waals surface area contributed by atoms with Gasteiger partial charge in [0.2, 0.25) is 0 Å². The molecule has 37 heavy (non-hydrogen) atoms. The minimum Gasteiger partial charge on any atom is -0.507 e. The molecular weight excluding hydrogens is 474 g/mol. The number of hydrogen-bond donors (Lipinski definition) is 1. The van der Waals surface area contributed by atoms with Gasteiger partial charge in [0.1, 0.15) is 36.2 Å². The van der Waals surface area contributed by atoms with Crippen molar-refractivity contribution in [2.45, 2.75) is 0 Å². The number of methoxy groups -OCH3 is 2. The zero-order valence-electron chi connectivity index (χ0n) is 20.4. The summed E-state index contributed by atoms with van der Waals surface area (Å²) in [4.78, 5) is 25.1. The van der Waals surface area contributed by atoms with Crippen molar-refractivity contribution < 1.29 is 28.8 Å². The lowest BCUT2D eigenvalue weighted by Crippen LogP contribution is -2.10. The molecule has 0 unspecified atom stereocenters. The molecule has 0 aliphatic carbocycles. The predicted molar refractivity (Wildman–Crippen MR) is 138 cm³/mol. The lowest BCUT2D eigenvalue weighted by molar-refractivity contribution is -0.138. The molecule has 0 aliphatic heterocycles. The third-order valence-corrected chi connectivity index (χ3v) is 5.30. The first kappa shape index (κ1) is 25.2. The first-order chi connectivity index (χ1) is 18.0. The molecule has 0 saturated heterocycles. The fourth-order valence-electron chi connectivity index (χ4n) is 3.55. The van der Waals surface area contributed by atoms with Crippen LogP contribution in [0.15, 0.2) is 79.4 Å². The molecule has 0 spiro atoms. The highest BCUT2D eigenvalue weighted by Gasteiger charge is 2.18. The second kappa shape index (κ2) is 11.7. The van der Waals surface area contributed by atoms with Crippen LogP contribution in [0.2, 0.25) is 0 Å². The highest BCUT2D eigenvalue weighted by Crippen LogP contribution is 2.36. The Morgan fingerprint density at radius 2 is 1.35 bits per heavy atom. The Bertz CT molecular complexity index is 1360. The monoisotopic (exact) mass is 499 g/mol. The van der Waals surface area contributed by atoms with Gasteiger partial charge in [-0.3, -0.25) is 0 Å². The second-order valence-electron chi connectivity index (χ2n) is 7.61. The van der Waals surface area contributed by atoms with Gasteiger partial charge in [-0.1, -0.05) is 30.8 Å². The third-order valence-electron chi connectivity index (χ3n) is 5.30. The van der Waals surface area contributed by atoms with Gasteiger partial charge >= 0.3 is 5.97 Å². The summed E-state index contributed by atoms with van der Waals surface area (Å²) in [6, 6.07) is 19.5. The Labute approximate surface area is 214 Å². The summed E-state index contributed by atoms with van der Waals surface area (Å²) >= 11 is 0. The maximum Gasteiger partial charge on any atom is 0.330 e. The predicted octanol–water partition coefficient (Wildman–Crippen LogP) is 4.70. The molecule has 0 fully saturated rings. The summed E-state index contributed by atoms with van der Waals surface area (Å²) in [7, 11) is 3.15. The van der Waals surface area contributed by atoms with E-state index in [1.807, 2.05) is 48.5 Å². The van der Waals surface area contributed by atoms with E-state index >= 15 is 0 Å². The molecule has 0 atom stereocenters. The summed E-state index contributed by atoms with van der Waals surface area (Å²) in [6.45, 7) is 3.50. The molecule has 4 aromatic rings. The minimum atomic E-state index is -0.534. The van der Waals surface area contributed by atoms with Crippen molar-refractivity contribution in [2.24, 2.45) is 0 Å². The standard InChI is InChI=1S/C28H25N3O6/c1-4-25(33)37-16-15-36-18-13-14-19(22(32)17-18)26-29-27(20-9-5-7-11-23(20)34-2)31-28(30-26)21-10-6-8-12-24(21)35-3/h4-14,17,32H,1,15-16H2,2-3H3. The van der Waals surface area contributed by atoms with Gasteiger partial charge in [0.25, 0.3) is 0 Å². The van der Waals surface area contributed by atoms with E-state index in [1.165, 1.54) is 6.07 Å². The van der Waals surface area contributed by atoms with Crippen LogP contribution in [0.3, 0.4) is 0 Å². The number of rotatable bonds is 10. The molecule has 188 valence electrons. The largest absolute Gasteiger partial charge is 0.507 e. The van der Waals surface area contributed by atoms with E-state index in [2.05, 4.69) is 16.5 Å². The SMILES string of the molecule is C=CC(=O)OCCOc1ccc(-c2nc(-c3ccccc3OC)nc(-c3ccccc3OC)n2)c(O)c1. The van der Waals surface area contributed by atoms with Crippen LogP contribution >= 0.6 is 0 Å². The van der Waals surface area contributed by atoms with Crippen molar-refractivity contribution in [2.75, 3.05) is 27.4 Å². The van der Waals surface area contributed by atoms with Crippen LogP contribution < -0.4 is 14.2 Å². The highest BCUT2D eigenvalue weighted by molar-refractivity contribution is 5.81. The molecule has 0 aliphatic rings. The average molecular weight is 500 g/mol. The summed E-state index contributed by atoms with van der Waals surface area (Å²) in [5.41, 5.74) is 1.71. The number of aromatic nitrogens is 3. The van der Waals surface area contributed by atoms with Crippen molar-refractivity contribution in [3.63, 3.8) is 0 Å². The van der Waals surface area contributed by atoms with Crippen molar-refractivity contribution in [1.29, 1.82) is 0 Å². The minimum absolute atomic E-state index is 0.0470. The van der Waals surface area contributed by atoms with E-state index in [4.69, 9.17) is 23.9 Å². The first-order valence-corrected chi connectivity index (χ1v) is 11.3. The van der Waals surface area contributed by atoms with Crippen LogP contribution in [0.1, 0.15) is 0 Å². The number of nitrogens with zero attached hydrogens (tertiary/aromatic N) is 3. The highest BCUT2D eigenvalue weighted by atomic mass is 16.6. The number of para-hydroxylation sites is 2. The second-order valence-corrected chi connectivity index (χ2v) is 7.61. The summed E-state index contributed by atoms with van der Waals surface area (Å²) in [5, 5.41) is 10.8. The fraction of sp³-hybridized carbons (Fsp3) is 0.143. The summed E-state index contributed by atoms with van der Waals surface area (Å²) in [5.74, 6) is 1.93. The molecule has 0 bridgehead atoms. The van der Waals surface area contributed by atoms with Crippen molar-refractivity contribution in [1.82, 2.24) is 15.0 Å². The van der Waals surface area contributed by atoms with Crippen molar-refractivity contribution in [3.8, 4) is 57.2 Å². The van der Waals surface area contributed by atoms with Gasteiger partial charge in [0, 0.05) is 12.1 Å². The van der Waals surface area contributed by atoms with Crippen molar-refractivity contribution in [3.05, 3.63) is 79.4 Å². The van der Waals surface area contributed by atoms with Crippen molar-refractivity contribution >= 4 is 5.97 Å². The lowest BCUT2D eigenvalue weighted by atomic mass is 10.1. The molecule has 1 aromatic heterocycles. The van der Waals surface area contributed by atoms with Gasteiger partial charge in [-0.05, 0) is 36.4 Å². The maximum atomic E-state index is 11.1. The molecule has 9 nitrogen and oxygen atoms in total. The zero-order valence-corrected chi connectivity index (χ0v) is 20.4. The molecule has 1 N–H and O–H groups in total. The van der Waals surface area contributed by atoms with Gasteiger partial charge in [-0.25, -0.2) is 19.7 Å². The van der Waals surface area contributed by atoms with Crippen LogP contribution in [0, 0.1) is 0 Å². The quantitative estimate of drug-likeness (QED) is 0.188. The molecule has 4 rings (SSSR count). The number of hydrogen-bond acceptors (Lipinski definition) is 9. The van der Waals surface area contributed by atoms with Crippen LogP contribution in [-0.4, -0.2) is 53.5 Å². The van der Waals surface area contributed by atoms with Crippen LogP contribution in [0.5, 0.6) is 23.0 Å². The maximum absolute atomic E-state index is 11.1. The Hall–Kier alpha value is -4.92. The normalized spacial score (nSPS) is 10.4. The van der Waals surface area contributed by atoms with Gasteiger partial charge in [-0.15, -0.1) is 0 Å². The smallest absolute Gasteiger partial charge is 0.330 e. The van der Waals surface area contributed by atoms with Gasteiger partial charge in [0.05, 0.1) is 30.9 Å². The Morgan fingerprint density at radius 3 is 1.86 bits per heavy atom. The molecular formula is C28H25N3O6. The van der Waals surface area contributed by atoms with E-state index in [9.17, 15) is 9.90 Å². The fourth-order valence-corrected chi connectivity index (χ4v) is 3.55. The topological polar surface area (TPSA) is 113 Å². The first-order valence-electron chi connectivity index (χ1n) is 11.3.